The van der Waals surface area contributed by atoms with E-state index in [2.05, 4.69) is 24.4 Å². The van der Waals surface area contributed by atoms with Crippen molar-refractivity contribution in [3.63, 3.8) is 0 Å². The monoisotopic (exact) mass is 191 g/mol. The maximum absolute atomic E-state index is 11.1. The smallest absolute Gasteiger partial charge is 0.224 e. The van der Waals surface area contributed by atoms with E-state index in [9.17, 15) is 4.79 Å². The predicted octanol–water partition coefficient (Wildman–Crippen LogP) is 1.93. The van der Waals surface area contributed by atoms with Crippen LogP contribution in [0.4, 0.5) is 0 Å². The molecular weight excluding hydrogens is 174 g/mol. The number of aryl methyl sites for hydroxylation is 1. The Morgan fingerprint density at radius 3 is 2.71 bits per heavy atom. The fourth-order valence-corrected chi connectivity index (χ4v) is 1.46. The Kier molecular flexibility index (Phi) is 4.17. The van der Waals surface area contributed by atoms with E-state index in [1.807, 2.05) is 12.1 Å². The van der Waals surface area contributed by atoms with Crippen LogP contribution < -0.4 is 5.32 Å². The Bertz CT molecular complexity index is 307. The summed E-state index contributed by atoms with van der Waals surface area (Å²) in [6.45, 7) is 2.16. The van der Waals surface area contributed by atoms with E-state index in [4.69, 9.17) is 0 Å². The third-order valence-electron chi connectivity index (χ3n) is 2.17. The van der Waals surface area contributed by atoms with Gasteiger partial charge in [0.2, 0.25) is 5.91 Å². The van der Waals surface area contributed by atoms with Crippen LogP contribution in [0.3, 0.4) is 0 Å². The van der Waals surface area contributed by atoms with Gasteiger partial charge < -0.3 is 5.32 Å². The molecule has 0 aliphatic carbocycles. The van der Waals surface area contributed by atoms with Crippen molar-refractivity contribution in [2.45, 2.75) is 26.2 Å². The summed E-state index contributed by atoms with van der Waals surface area (Å²) < 4.78 is 0. The molecule has 0 bridgehead atoms. The molecule has 2 nitrogen and oxygen atoms in total. The van der Waals surface area contributed by atoms with Gasteiger partial charge in [-0.15, -0.1) is 0 Å². The van der Waals surface area contributed by atoms with Gasteiger partial charge in [-0.3, -0.25) is 4.79 Å². The molecule has 2 heteroatoms. The molecular formula is C12H17NO. The van der Waals surface area contributed by atoms with Gasteiger partial charge in [-0.05, 0) is 17.5 Å². The Labute approximate surface area is 85.3 Å². The third-order valence-corrected chi connectivity index (χ3v) is 2.17. The normalized spacial score (nSPS) is 9.86. The number of carbonyl (C=O) groups is 1. The molecule has 0 heterocycles. The highest BCUT2D eigenvalue weighted by Crippen LogP contribution is 2.08. The van der Waals surface area contributed by atoms with E-state index in [1.54, 1.807) is 7.05 Å². The quantitative estimate of drug-likeness (QED) is 0.774. The molecule has 1 amide bonds. The zero-order chi connectivity index (χ0) is 10.4. The minimum absolute atomic E-state index is 0.0682. The summed E-state index contributed by atoms with van der Waals surface area (Å²) in [4.78, 5) is 11.1. The van der Waals surface area contributed by atoms with Crippen LogP contribution in [0.15, 0.2) is 24.3 Å². The number of likely N-dealkylation sites (N-methyl/N-ethyl adjacent to an activating group) is 1. The molecule has 0 atom stereocenters. The number of amides is 1. The summed E-state index contributed by atoms with van der Waals surface area (Å²) in [5.41, 5.74) is 2.41. The minimum atomic E-state index is 0.0682. The second-order valence-electron chi connectivity index (χ2n) is 3.42. The maximum atomic E-state index is 11.1. The predicted molar refractivity (Wildman–Crippen MR) is 58.2 cm³/mol. The average molecular weight is 191 g/mol. The van der Waals surface area contributed by atoms with Gasteiger partial charge in [0.15, 0.2) is 0 Å². The summed E-state index contributed by atoms with van der Waals surface area (Å²) in [6.07, 6.45) is 2.71. The van der Waals surface area contributed by atoms with Crippen molar-refractivity contribution in [1.82, 2.24) is 5.32 Å². The number of hydrogen-bond donors (Lipinski definition) is 1. The van der Waals surface area contributed by atoms with Crippen LogP contribution in [0.1, 0.15) is 24.5 Å². The fraction of sp³-hybridized carbons (Fsp3) is 0.417. The van der Waals surface area contributed by atoms with Crippen molar-refractivity contribution >= 4 is 5.91 Å². The zero-order valence-electron chi connectivity index (χ0n) is 8.84. The van der Waals surface area contributed by atoms with Crippen molar-refractivity contribution in [3.05, 3.63) is 35.4 Å². The van der Waals surface area contributed by atoms with Gasteiger partial charge in [0.1, 0.15) is 0 Å². The molecule has 0 saturated carbocycles. The molecule has 1 aromatic carbocycles. The highest BCUT2D eigenvalue weighted by Gasteiger charge is 2.00. The molecule has 0 aliphatic heterocycles. The third kappa shape index (κ3) is 3.21. The molecule has 1 N–H and O–H groups in total. The number of carbonyl (C=O) groups excluding carboxylic acids is 1. The second-order valence-corrected chi connectivity index (χ2v) is 3.42. The van der Waals surface area contributed by atoms with Gasteiger partial charge in [0.25, 0.3) is 0 Å². The molecule has 1 rings (SSSR count). The van der Waals surface area contributed by atoms with E-state index >= 15 is 0 Å². The van der Waals surface area contributed by atoms with Crippen molar-refractivity contribution < 1.29 is 4.79 Å². The van der Waals surface area contributed by atoms with Crippen molar-refractivity contribution in [2.24, 2.45) is 0 Å². The average Bonchev–Trinajstić information content (AvgIpc) is 2.19. The first kappa shape index (κ1) is 10.8. The SMILES string of the molecule is CCCc1cccc(CC(=O)NC)c1. The topological polar surface area (TPSA) is 29.1 Å². The lowest BCUT2D eigenvalue weighted by Crippen LogP contribution is -2.19. The van der Waals surface area contributed by atoms with Crippen LogP contribution >= 0.6 is 0 Å². The van der Waals surface area contributed by atoms with Crippen LogP contribution in [-0.4, -0.2) is 13.0 Å². The molecule has 0 radical (unpaired) electrons. The Morgan fingerprint density at radius 1 is 1.36 bits per heavy atom. The maximum Gasteiger partial charge on any atom is 0.224 e. The lowest BCUT2D eigenvalue weighted by molar-refractivity contribution is -0.119. The first-order valence-corrected chi connectivity index (χ1v) is 5.04. The summed E-state index contributed by atoms with van der Waals surface area (Å²) in [5, 5.41) is 2.63. The van der Waals surface area contributed by atoms with Crippen LogP contribution in [0.25, 0.3) is 0 Å². The number of nitrogens with one attached hydrogen (secondary N) is 1. The van der Waals surface area contributed by atoms with Gasteiger partial charge in [0.05, 0.1) is 6.42 Å². The molecule has 14 heavy (non-hydrogen) atoms. The molecule has 1 aromatic rings. The molecule has 0 unspecified atom stereocenters. The lowest BCUT2D eigenvalue weighted by Gasteiger charge is -2.03. The zero-order valence-corrected chi connectivity index (χ0v) is 8.84. The van der Waals surface area contributed by atoms with E-state index in [1.165, 1.54) is 5.56 Å². The number of hydrogen-bond acceptors (Lipinski definition) is 1. The fourth-order valence-electron chi connectivity index (χ4n) is 1.46. The van der Waals surface area contributed by atoms with Gasteiger partial charge in [-0.25, -0.2) is 0 Å². The molecule has 0 aromatic heterocycles. The van der Waals surface area contributed by atoms with Crippen LogP contribution in [0, 0.1) is 0 Å². The number of benzene rings is 1. The van der Waals surface area contributed by atoms with Gasteiger partial charge in [-0.2, -0.15) is 0 Å². The van der Waals surface area contributed by atoms with Crippen molar-refractivity contribution in [2.75, 3.05) is 7.05 Å². The van der Waals surface area contributed by atoms with E-state index in [-0.39, 0.29) is 5.91 Å². The first-order chi connectivity index (χ1) is 6.76. The molecule has 0 aliphatic rings. The van der Waals surface area contributed by atoms with Crippen molar-refractivity contribution in [1.29, 1.82) is 0 Å². The summed E-state index contributed by atoms with van der Waals surface area (Å²) in [7, 11) is 1.66. The minimum Gasteiger partial charge on any atom is -0.359 e. The largest absolute Gasteiger partial charge is 0.359 e. The summed E-state index contributed by atoms with van der Waals surface area (Å²) >= 11 is 0. The van der Waals surface area contributed by atoms with Gasteiger partial charge in [-0.1, -0.05) is 37.6 Å². The summed E-state index contributed by atoms with van der Waals surface area (Å²) in [5.74, 6) is 0.0682. The molecule has 76 valence electrons. The Balaban J connectivity index is 2.68. The van der Waals surface area contributed by atoms with Gasteiger partial charge >= 0.3 is 0 Å². The highest BCUT2D eigenvalue weighted by molar-refractivity contribution is 5.78. The Hall–Kier alpha value is -1.31. The second kappa shape index (κ2) is 5.43. The van der Waals surface area contributed by atoms with E-state index in [0.29, 0.717) is 6.42 Å². The lowest BCUT2D eigenvalue weighted by atomic mass is 10.0. The van der Waals surface area contributed by atoms with Crippen LogP contribution in [-0.2, 0) is 17.6 Å². The number of rotatable bonds is 4. The van der Waals surface area contributed by atoms with Crippen LogP contribution in [0.2, 0.25) is 0 Å². The van der Waals surface area contributed by atoms with E-state index in [0.717, 1.165) is 18.4 Å². The Morgan fingerprint density at radius 2 is 2.07 bits per heavy atom. The van der Waals surface area contributed by atoms with E-state index < -0.39 is 0 Å². The molecule has 0 spiro atoms. The van der Waals surface area contributed by atoms with Gasteiger partial charge in [0, 0.05) is 7.05 Å². The standard InChI is InChI=1S/C12H17NO/c1-3-5-10-6-4-7-11(8-10)9-12(14)13-2/h4,6-8H,3,5,9H2,1-2H3,(H,13,14). The molecule has 0 saturated heterocycles. The van der Waals surface area contributed by atoms with Crippen LogP contribution in [0.5, 0.6) is 0 Å². The summed E-state index contributed by atoms with van der Waals surface area (Å²) in [6, 6.07) is 8.23. The molecule has 0 fully saturated rings. The first-order valence-electron chi connectivity index (χ1n) is 5.04. The van der Waals surface area contributed by atoms with Crippen molar-refractivity contribution in [3.8, 4) is 0 Å². The highest BCUT2D eigenvalue weighted by atomic mass is 16.1.